The lowest BCUT2D eigenvalue weighted by molar-refractivity contribution is 1.34. The molecule has 0 aromatic heterocycles. The zero-order valence-electron chi connectivity index (χ0n) is 6.20. The summed E-state index contributed by atoms with van der Waals surface area (Å²) in [4.78, 5) is 0. The van der Waals surface area contributed by atoms with Crippen LogP contribution >= 0.6 is 0 Å². The number of rotatable bonds is 1. The molecule has 0 saturated heterocycles. The van der Waals surface area contributed by atoms with Crippen molar-refractivity contribution in [2.45, 2.75) is 0 Å². The van der Waals surface area contributed by atoms with Gasteiger partial charge in [-0.05, 0) is 18.2 Å². The second kappa shape index (κ2) is 3.38. The number of nitrogens with zero attached hydrogens (tertiary/aromatic N) is 2. The SMILES string of the molecule is N#Cc1cc(C#N)cc(NN)c1. The first kappa shape index (κ1) is 8.06. The molecular formula is C8H6N4. The molecule has 0 fully saturated rings. The van der Waals surface area contributed by atoms with Gasteiger partial charge in [-0.15, -0.1) is 0 Å². The van der Waals surface area contributed by atoms with E-state index in [1.807, 2.05) is 12.1 Å². The highest BCUT2D eigenvalue weighted by Crippen LogP contribution is 2.12. The summed E-state index contributed by atoms with van der Waals surface area (Å²) in [6.45, 7) is 0. The van der Waals surface area contributed by atoms with Gasteiger partial charge in [0, 0.05) is 0 Å². The minimum atomic E-state index is 0.419. The Morgan fingerprint density at radius 1 is 1.08 bits per heavy atom. The van der Waals surface area contributed by atoms with E-state index >= 15 is 0 Å². The molecule has 12 heavy (non-hydrogen) atoms. The van der Waals surface area contributed by atoms with Crippen LogP contribution in [0.3, 0.4) is 0 Å². The van der Waals surface area contributed by atoms with Crippen LogP contribution in [0.4, 0.5) is 5.69 Å². The van der Waals surface area contributed by atoms with E-state index < -0.39 is 0 Å². The third-order valence-corrected chi connectivity index (χ3v) is 1.36. The standard InChI is InChI=1S/C8H6N4/c9-4-6-1-7(5-10)3-8(2-6)12-11/h1-3,12H,11H2. The van der Waals surface area contributed by atoms with E-state index in [1.54, 1.807) is 12.1 Å². The number of hydrazine groups is 1. The summed E-state index contributed by atoms with van der Waals surface area (Å²) in [5.41, 5.74) is 3.77. The first-order chi connectivity index (χ1) is 5.80. The highest BCUT2D eigenvalue weighted by atomic mass is 15.2. The van der Waals surface area contributed by atoms with E-state index in [4.69, 9.17) is 16.4 Å². The van der Waals surface area contributed by atoms with Crippen LogP contribution in [0.15, 0.2) is 18.2 Å². The van der Waals surface area contributed by atoms with Gasteiger partial charge in [0.15, 0.2) is 0 Å². The number of hydrogen-bond donors (Lipinski definition) is 2. The molecule has 0 heterocycles. The lowest BCUT2D eigenvalue weighted by atomic mass is 10.1. The molecule has 3 N–H and O–H groups in total. The summed E-state index contributed by atoms with van der Waals surface area (Å²) in [6, 6.07) is 8.50. The third kappa shape index (κ3) is 1.51. The summed E-state index contributed by atoms with van der Waals surface area (Å²) in [5, 5.41) is 17.1. The van der Waals surface area contributed by atoms with Gasteiger partial charge in [0.1, 0.15) is 0 Å². The van der Waals surface area contributed by atoms with Gasteiger partial charge in [0.25, 0.3) is 0 Å². The molecule has 1 aromatic rings. The van der Waals surface area contributed by atoms with Gasteiger partial charge in [-0.3, -0.25) is 5.84 Å². The minimum absolute atomic E-state index is 0.419. The van der Waals surface area contributed by atoms with Crippen molar-refractivity contribution in [1.29, 1.82) is 10.5 Å². The molecule has 1 aromatic carbocycles. The second-order valence-electron chi connectivity index (χ2n) is 2.17. The average Bonchev–Trinajstić information content (AvgIpc) is 2.16. The van der Waals surface area contributed by atoms with Gasteiger partial charge < -0.3 is 5.43 Å². The Labute approximate surface area is 69.8 Å². The molecule has 0 atom stereocenters. The largest absolute Gasteiger partial charge is 0.324 e. The summed E-state index contributed by atoms with van der Waals surface area (Å²) < 4.78 is 0. The second-order valence-corrected chi connectivity index (χ2v) is 2.17. The first-order valence-corrected chi connectivity index (χ1v) is 3.22. The summed E-state index contributed by atoms with van der Waals surface area (Å²) in [5.74, 6) is 5.13. The van der Waals surface area contributed by atoms with Crippen molar-refractivity contribution in [3.05, 3.63) is 29.3 Å². The molecule has 0 aliphatic heterocycles. The van der Waals surface area contributed by atoms with E-state index in [2.05, 4.69) is 5.43 Å². The molecule has 0 saturated carbocycles. The monoisotopic (exact) mass is 158 g/mol. The number of hydrogen-bond acceptors (Lipinski definition) is 4. The van der Waals surface area contributed by atoms with Crippen molar-refractivity contribution in [1.82, 2.24) is 0 Å². The number of benzene rings is 1. The number of nitrogens with two attached hydrogens (primary N) is 1. The lowest BCUT2D eigenvalue weighted by Gasteiger charge is -1.99. The van der Waals surface area contributed by atoms with Crippen LogP contribution in [0.25, 0.3) is 0 Å². The molecule has 0 bridgehead atoms. The number of nitriles is 2. The topological polar surface area (TPSA) is 85.6 Å². The lowest BCUT2D eigenvalue weighted by Crippen LogP contribution is -2.06. The van der Waals surface area contributed by atoms with Gasteiger partial charge in [-0.2, -0.15) is 10.5 Å². The van der Waals surface area contributed by atoms with Crippen molar-refractivity contribution in [3.8, 4) is 12.1 Å². The Hall–Kier alpha value is -2.04. The van der Waals surface area contributed by atoms with Gasteiger partial charge >= 0.3 is 0 Å². The maximum Gasteiger partial charge on any atom is 0.0992 e. The van der Waals surface area contributed by atoms with E-state index in [0.29, 0.717) is 16.8 Å². The van der Waals surface area contributed by atoms with Crippen LogP contribution in [-0.4, -0.2) is 0 Å². The van der Waals surface area contributed by atoms with Crippen LogP contribution in [0, 0.1) is 22.7 Å². The fourth-order valence-electron chi connectivity index (χ4n) is 0.840. The van der Waals surface area contributed by atoms with Crippen molar-refractivity contribution in [2.75, 3.05) is 5.43 Å². The molecule has 0 radical (unpaired) electrons. The predicted molar refractivity (Wildman–Crippen MR) is 43.7 cm³/mol. The zero-order chi connectivity index (χ0) is 8.97. The van der Waals surface area contributed by atoms with Gasteiger partial charge in [0.05, 0.1) is 29.0 Å². The highest BCUT2D eigenvalue weighted by Gasteiger charge is 1.97. The summed E-state index contributed by atoms with van der Waals surface area (Å²) in [7, 11) is 0. The van der Waals surface area contributed by atoms with Crippen LogP contribution in [0.2, 0.25) is 0 Å². The Morgan fingerprint density at radius 2 is 1.58 bits per heavy atom. The quantitative estimate of drug-likeness (QED) is 0.465. The molecule has 0 aliphatic carbocycles. The molecule has 4 nitrogen and oxygen atoms in total. The minimum Gasteiger partial charge on any atom is -0.324 e. The van der Waals surface area contributed by atoms with Crippen LogP contribution in [0.5, 0.6) is 0 Å². The number of anilines is 1. The van der Waals surface area contributed by atoms with Crippen molar-refractivity contribution in [2.24, 2.45) is 5.84 Å². The Morgan fingerprint density at radius 3 is 1.92 bits per heavy atom. The fraction of sp³-hybridized carbons (Fsp3) is 0. The number of nitrogens with one attached hydrogen (secondary N) is 1. The van der Waals surface area contributed by atoms with E-state index in [0.717, 1.165) is 0 Å². The smallest absolute Gasteiger partial charge is 0.0992 e. The summed E-state index contributed by atoms with van der Waals surface area (Å²) >= 11 is 0. The normalized spacial score (nSPS) is 8.25. The van der Waals surface area contributed by atoms with Crippen molar-refractivity contribution >= 4 is 5.69 Å². The van der Waals surface area contributed by atoms with Crippen LogP contribution < -0.4 is 11.3 Å². The van der Waals surface area contributed by atoms with Gasteiger partial charge in [0.2, 0.25) is 0 Å². The van der Waals surface area contributed by atoms with Crippen molar-refractivity contribution < 1.29 is 0 Å². The first-order valence-electron chi connectivity index (χ1n) is 3.22. The van der Waals surface area contributed by atoms with E-state index in [9.17, 15) is 0 Å². The fourth-order valence-corrected chi connectivity index (χ4v) is 0.840. The Balaban J connectivity index is 3.24. The van der Waals surface area contributed by atoms with Gasteiger partial charge in [-0.25, -0.2) is 0 Å². The highest BCUT2D eigenvalue weighted by molar-refractivity contribution is 5.54. The predicted octanol–water partition coefficient (Wildman–Crippen LogP) is 0.716. The Kier molecular flexibility index (Phi) is 2.27. The molecule has 0 amide bonds. The third-order valence-electron chi connectivity index (χ3n) is 1.36. The van der Waals surface area contributed by atoms with Crippen molar-refractivity contribution in [3.63, 3.8) is 0 Å². The van der Waals surface area contributed by atoms with E-state index in [1.165, 1.54) is 6.07 Å². The molecule has 0 spiro atoms. The number of nitrogen functional groups attached to an aromatic ring is 1. The maximum absolute atomic E-state index is 8.55. The van der Waals surface area contributed by atoms with E-state index in [-0.39, 0.29) is 0 Å². The van der Waals surface area contributed by atoms with Crippen LogP contribution in [0.1, 0.15) is 11.1 Å². The summed E-state index contributed by atoms with van der Waals surface area (Å²) in [6.07, 6.45) is 0. The Bertz CT molecular complexity index is 337. The zero-order valence-corrected chi connectivity index (χ0v) is 6.20. The molecule has 58 valence electrons. The molecule has 0 aliphatic rings. The van der Waals surface area contributed by atoms with Crippen LogP contribution in [-0.2, 0) is 0 Å². The molecular weight excluding hydrogens is 152 g/mol. The molecule has 4 heteroatoms. The molecule has 1 rings (SSSR count). The maximum atomic E-state index is 8.55. The average molecular weight is 158 g/mol. The van der Waals surface area contributed by atoms with Gasteiger partial charge in [-0.1, -0.05) is 0 Å². The molecule has 0 unspecified atom stereocenters.